The van der Waals surface area contributed by atoms with Crippen LogP contribution in [0.15, 0.2) is 103 Å². The predicted molar refractivity (Wildman–Crippen MR) is 147 cm³/mol. The average molecular weight is 479 g/mol. The second kappa shape index (κ2) is 10.4. The van der Waals surface area contributed by atoms with Gasteiger partial charge in [0.05, 0.1) is 5.56 Å². The molecule has 184 valence electrons. The zero-order valence-corrected chi connectivity index (χ0v) is 21.7. The first-order chi connectivity index (χ1) is 17.2. The number of carbonyl (C=O) groups is 1. The Bertz CT molecular complexity index is 1300. The Balaban J connectivity index is 1.46. The Morgan fingerprint density at radius 3 is 1.81 bits per heavy atom. The summed E-state index contributed by atoms with van der Waals surface area (Å²) in [5.74, 6) is 1.03. The van der Waals surface area contributed by atoms with E-state index in [0.717, 1.165) is 28.9 Å². The largest absolute Gasteiger partial charge is 0.488 e. The molecule has 0 radical (unpaired) electrons. The first-order valence-electron chi connectivity index (χ1n) is 12.5. The highest BCUT2D eigenvalue weighted by Gasteiger charge is 2.24. The molecule has 4 aromatic carbocycles. The van der Waals surface area contributed by atoms with Gasteiger partial charge in [0.2, 0.25) is 0 Å². The molecular formula is C33H34O3. The second-order valence-electron chi connectivity index (χ2n) is 10.2. The SMILES string of the molecule is CCC(C)(C)Oc1ccc(C(C)(C)c2ccc(OC(=O)c3cccc(-c4ccccc4)c3)cc2)cc1. The maximum absolute atomic E-state index is 12.8. The Morgan fingerprint density at radius 2 is 1.22 bits per heavy atom. The maximum atomic E-state index is 12.8. The molecule has 0 aliphatic rings. The van der Waals surface area contributed by atoms with E-state index >= 15 is 0 Å². The minimum Gasteiger partial charge on any atom is -0.488 e. The lowest BCUT2D eigenvalue weighted by molar-refractivity contribution is 0.0734. The van der Waals surface area contributed by atoms with Crippen LogP contribution in [0.3, 0.4) is 0 Å². The van der Waals surface area contributed by atoms with E-state index in [2.05, 4.69) is 46.8 Å². The first kappa shape index (κ1) is 25.2. The quantitative estimate of drug-likeness (QED) is 0.188. The molecule has 0 amide bonds. The van der Waals surface area contributed by atoms with Gasteiger partial charge in [-0.05, 0) is 78.9 Å². The smallest absolute Gasteiger partial charge is 0.343 e. The molecule has 0 saturated heterocycles. The number of rotatable bonds is 8. The van der Waals surface area contributed by atoms with Crippen molar-refractivity contribution in [3.05, 3.63) is 120 Å². The summed E-state index contributed by atoms with van der Waals surface area (Å²) in [6.45, 7) is 10.7. The molecule has 0 heterocycles. The first-order valence-corrected chi connectivity index (χ1v) is 12.5. The average Bonchev–Trinajstić information content (AvgIpc) is 2.90. The number of hydrogen-bond acceptors (Lipinski definition) is 3. The van der Waals surface area contributed by atoms with Crippen molar-refractivity contribution in [2.24, 2.45) is 0 Å². The Labute approximate surface area is 214 Å². The summed E-state index contributed by atoms with van der Waals surface area (Å²) < 4.78 is 11.8. The predicted octanol–water partition coefficient (Wildman–Crippen LogP) is 8.47. The van der Waals surface area contributed by atoms with Gasteiger partial charge < -0.3 is 9.47 Å². The second-order valence-corrected chi connectivity index (χ2v) is 10.2. The molecule has 0 aliphatic heterocycles. The monoisotopic (exact) mass is 478 g/mol. The number of ether oxygens (including phenoxy) is 2. The molecule has 0 unspecified atom stereocenters. The molecule has 3 heteroatoms. The van der Waals surface area contributed by atoms with Gasteiger partial charge in [-0.15, -0.1) is 0 Å². The zero-order valence-electron chi connectivity index (χ0n) is 21.7. The van der Waals surface area contributed by atoms with Crippen LogP contribution in [0.5, 0.6) is 11.5 Å². The van der Waals surface area contributed by atoms with Crippen LogP contribution in [0.25, 0.3) is 11.1 Å². The number of hydrogen-bond donors (Lipinski definition) is 0. The standard InChI is InChI=1S/C33H34O3/c1-6-32(2,3)36-30-21-17-28(18-22-30)33(4,5)27-15-19-29(20-16-27)35-31(34)26-14-10-13-25(23-26)24-11-8-7-9-12-24/h7-23H,6H2,1-5H3. The highest BCUT2D eigenvalue weighted by molar-refractivity contribution is 5.92. The van der Waals surface area contributed by atoms with Gasteiger partial charge in [0.1, 0.15) is 17.1 Å². The molecule has 0 atom stereocenters. The molecule has 0 N–H and O–H groups in total. The fourth-order valence-corrected chi connectivity index (χ4v) is 4.06. The van der Waals surface area contributed by atoms with Crippen molar-refractivity contribution in [3.8, 4) is 22.6 Å². The van der Waals surface area contributed by atoms with E-state index in [-0.39, 0.29) is 17.0 Å². The summed E-state index contributed by atoms with van der Waals surface area (Å²) >= 11 is 0. The molecule has 0 aliphatic carbocycles. The van der Waals surface area contributed by atoms with Crippen molar-refractivity contribution < 1.29 is 14.3 Å². The van der Waals surface area contributed by atoms with E-state index in [1.165, 1.54) is 5.56 Å². The van der Waals surface area contributed by atoms with Crippen LogP contribution in [-0.4, -0.2) is 11.6 Å². The van der Waals surface area contributed by atoms with Crippen LogP contribution in [0, 0.1) is 0 Å². The van der Waals surface area contributed by atoms with Crippen molar-refractivity contribution in [2.75, 3.05) is 0 Å². The minimum absolute atomic E-state index is 0.187. The molecule has 4 rings (SSSR count). The summed E-state index contributed by atoms with van der Waals surface area (Å²) in [5.41, 5.74) is 4.49. The van der Waals surface area contributed by atoms with Gasteiger partial charge in [0.25, 0.3) is 0 Å². The van der Waals surface area contributed by atoms with E-state index in [1.807, 2.05) is 84.9 Å². The van der Waals surface area contributed by atoms with Gasteiger partial charge in [-0.25, -0.2) is 4.79 Å². The summed E-state index contributed by atoms with van der Waals surface area (Å²) in [5, 5.41) is 0. The van der Waals surface area contributed by atoms with Crippen molar-refractivity contribution in [3.63, 3.8) is 0 Å². The van der Waals surface area contributed by atoms with Gasteiger partial charge in [0.15, 0.2) is 0 Å². The number of esters is 1. The van der Waals surface area contributed by atoms with Crippen molar-refractivity contribution in [1.29, 1.82) is 0 Å². The van der Waals surface area contributed by atoms with Gasteiger partial charge in [0, 0.05) is 5.41 Å². The van der Waals surface area contributed by atoms with E-state index in [9.17, 15) is 4.79 Å². The summed E-state index contributed by atoms with van der Waals surface area (Å²) in [6, 6.07) is 33.6. The maximum Gasteiger partial charge on any atom is 0.343 e. The number of carbonyl (C=O) groups excluding carboxylic acids is 1. The van der Waals surface area contributed by atoms with Crippen LogP contribution < -0.4 is 9.47 Å². The van der Waals surface area contributed by atoms with Crippen LogP contribution in [-0.2, 0) is 5.41 Å². The van der Waals surface area contributed by atoms with Crippen LogP contribution >= 0.6 is 0 Å². The summed E-state index contributed by atoms with van der Waals surface area (Å²) in [7, 11) is 0. The molecule has 0 spiro atoms. The third kappa shape index (κ3) is 5.85. The Kier molecular flexibility index (Phi) is 7.30. The fraction of sp³-hybridized carbons (Fsp3) is 0.242. The van der Waals surface area contributed by atoms with Gasteiger partial charge >= 0.3 is 5.97 Å². The van der Waals surface area contributed by atoms with Crippen LogP contribution in [0.2, 0.25) is 0 Å². The van der Waals surface area contributed by atoms with E-state index in [0.29, 0.717) is 11.3 Å². The molecule has 0 bridgehead atoms. The minimum atomic E-state index is -0.370. The molecular weight excluding hydrogens is 444 g/mol. The van der Waals surface area contributed by atoms with Gasteiger partial charge in [-0.1, -0.05) is 87.5 Å². The third-order valence-corrected chi connectivity index (χ3v) is 6.81. The molecule has 3 nitrogen and oxygen atoms in total. The van der Waals surface area contributed by atoms with Crippen LogP contribution in [0.1, 0.15) is 62.5 Å². The molecule has 0 fully saturated rings. The molecule has 4 aromatic rings. The summed E-state index contributed by atoms with van der Waals surface area (Å²) in [6.07, 6.45) is 0.940. The lowest BCUT2D eigenvalue weighted by Gasteiger charge is -2.28. The van der Waals surface area contributed by atoms with Crippen molar-refractivity contribution in [2.45, 2.75) is 52.1 Å². The van der Waals surface area contributed by atoms with E-state index < -0.39 is 0 Å². The van der Waals surface area contributed by atoms with Gasteiger partial charge in [-0.2, -0.15) is 0 Å². The van der Waals surface area contributed by atoms with Crippen molar-refractivity contribution >= 4 is 5.97 Å². The normalized spacial score (nSPS) is 11.7. The highest BCUT2D eigenvalue weighted by atomic mass is 16.5. The molecule has 36 heavy (non-hydrogen) atoms. The zero-order chi connectivity index (χ0) is 25.8. The molecule has 0 aromatic heterocycles. The highest BCUT2D eigenvalue weighted by Crippen LogP contribution is 2.34. The lowest BCUT2D eigenvalue weighted by Crippen LogP contribution is -2.26. The molecule has 0 saturated carbocycles. The topological polar surface area (TPSA) is 35.5 Å². The Morgan fingerprint density at radius 1 is 0.667 bits per heavy atom. The summed E-state index contributed by atoms with van der Waals surface area (Å²) in [4.78, 5) is 12.8. The lowest BCUT2D eigenvalue weighted by atomic mass is 9.78. The van der Waals surface area contributed by atoms with Crippen molar-refractivity contribution in [1.82, 2.24) is 0 Å². The number of benzene rings is 4. The van der Waals surface area contributed by atoms with Crippen LogP contribution in [0.4, 0.5) is 0 Å². The van der Waals surface area contributed by atoms with E-state index in [1.54, 1.807) is 6.07 Å². The van der Waals surface area contributed by atoms with E-state index in [4.69, 9.17) is 9.47 Å². The Hall–Kier alpha value is -3.85. The van der Waals surface area contributed by atoms with Gasteiger partial charge in [-0.3, -0.25) is 0 Å². The third-order valence-electron chi connectivity index (χ3n) is 6.81. The fourth-order valence-electron chi connectivity index (χ4n) is 4.06.